The number of nitriles is 3. The molecule has 1 rings (SSSR count). The Bertz CT molecular complexity index is 640. The van der Waals surface area contributed by atoms with Crippen LogP contribution in [0.3, 0.4) is 0 Å². The SMILES string of the molecule is N#CC(=C=[N-])C1C(F)=C(F)C(C(C#N)C#N)C(F)=C1F. The molecule has 0 radical (unpaired) electrons. The van der Waals surface area contributed by atoms with Crippen LogP contribution in [0.5, 0.6) is 0 Å². The molecule has 1 aliphatic carbocycles. The van der Waals surface area contributed by atoms with Crippen LogP contribution in [0.15, 0.2) is 28.9 Å². The summed E-state index contributed by atoms with van der Waals surface area (Å²) in [6.45, 7) is 0. The van der Waals surface area contributed by atoms with Crippen molar-refractivity contribution in [1.29, 1.82) is 15.8 Å². The second-order valence-corrected chi connectivity index (χ2v) is 3.68. The highest BCUT2D eigenvalue weighted by atomic mass is 19.2. The molecule has 0 fully saturated rings. The Balaban J connectivity index is 3.52. The predicted octanol–water partition coefficient (Wildman–Crippen LogP) is 2.89. The number of rotatable bonds is 2. The van der Waals surface area contributed by atoms with Crippen LogP contribution in [-0.4, -0.2) is 5.87 Å². The standard InChI is InChI=1S/C12H3F4N4/c13-9-7(5(1-17)2-18)10(14)12(16)8(11(9)15)6(3-19)4-20/h5,7-8H/q-1. The number of hydrogen-bond donors (Lipinski definition) is 0. The van der Waals surface area contributed by atoms with E-state index >= 15 is 0 Å². The molecule has 100 valence electrons. The summed E-state index contributed by atoms with van der Waals surface area (Å²) >= 11 is 0. The minimum absolute atomic E-state index is 1.07. The van der Waals surface area contributed by atoms with E-state index in [4.69, 9.17) is 21.2 Å². The predicted molar refractivity (Wildman–Crippen MR) is 57.7 cm³/mol. The van der Waals surface area contributed by atoms with E-state index in [0.717, 1.165) is 11.9 Å². The molecule has 20 heavy (non-hydrogen) atoms. The Labute approximate surface area is 110 Å². The molecule has 0 aliphatic heterocycles. The van der Waals surface area contributed by atoms with E-state index in [2.05, 4.69) is 0 Å². The quantitative estimate of drug-likeness (QED) is 0.441. The summed E-state index contributed by atoms with van der Waals surface area (Å²) in [5, 5.41) is 34.1. The lowest BCUT2D eigenvalue weighted by atomic mass is 9.82. The fourth-order valence-electron chi connectivity index (χ4n) is 1.67. The molecule has 0 atom stereocenters. The van der Waals surface area contributed by atoms with Crippen molar-refractivity contribution in [1.82, 2.24) is 0 Å². The van der Waals surface area contributed by atoms with Gasteiger partial charge in [0.25, 0.3) is 0 Å². The topological polar surface area (TPSA) is 93.7 Å². The molecular weight excluding hydrogens is 276 g/mol. The second-order valence-electron chi connectivity index (χ2n) is 3.68. The zero-order chi connectivity index (χ0) is 15.4. The molecule has 0 amide bonds. The molecule has 0 heterocycles. The van der Waals surface area contributed by atoms with Crippen molar-refractivity contribution in [2.45, 2.75) is 0 Å². The van der Waals surface area contributed by atoms with Crippen LogP contribution >= 0.6 is 0 Å². The third-order valence-electron chi connectivity index (χ3n) is 2.65. The maximum Gasteiger partial charge on any atom is 0.148 e. The van der Waals surface area contributed by atoms with Crippen LogP contribution in [0.4, 0.5) is 17.6 Å². The van der Waals surface area contributed by atoms with Crippen molar-refractivity contribution >= 4 is 5.87 Å². The Kier molecular flexibility index (Phi) is 4.43. The first-order chi connectivity index (χ1) is 9.44. The summed E-state index contributed by atoms with van der Waals surface area (Å²) < 4.78 is 54.8. The van der Waals surface area contributed by atoms with E-state index in [1.807, 2.05) is 0 Å². The summed E-state index contributed by atoms with van der Waals surface area (Å²) in [5.74, 6) is -13.1. The van der Waals surface area contributed by atoms with Gasteiger partial charge in [0.05, 0.1) is 23.6 Å². The Morgan fingerprint density at radius 3 is 1.70 bits per heavy atom. The van der Waals surface area contributed by atoms with Gasteiger partial charge in [0.1, 0.15) is 41.2 Å². The van der Waals surface area contributed by atoms with Crippen LogP contribution in [0.2, 0.25) is 0 Å². The summed E-state index contributed by atoms with van der Waals surface area (Å²) in [7, 11) is 0. The van der Waals surface area contributed by atoms with Gasteiger partial charge in [-0.15, -0.1) is 0 Å². The summed E-state index contributed by atoms with van der Waals surface area (Å²) in [6, 6.07) is 3.57. The Hall–Kier alpha value is -2.88. The number of halogens is 4. The Morgan fingerprint density at radius 1 is 0.950 bits per heavy atom. The largest absolute Gasteiger partial charge is 0.762 e. The van der Waals surface area contributed by atoms with Gasteiger partial charge >= 0.3 is 0 Å². The fraction of sp³-hybridized carbons (Fsp3) is 0.250. The van der Waals surface area contributed by atoms with Crippen LogP contribution in [0.1, 0.15) is 0 Å². The first-order valence-electron chi connectivity index (χ1n) is 5.00. The molecule has 8 heteroatoms. The van der Waals surface area contributed by atoms with Crippen molar-refractivity contribution in [3.8, 4) is 18.2 Å². The second kappa shape index (κ2) is 5.84. The maximum absolute atomic E-state index is 13.7. The molecular formula is C12H3F4N4-. The summed E-state index contributed by atoms with van der Waals surface area (Å²) in [4.78, 5) is 0. The molecule has 0 spiro atoms. The van der Waals surface area contributed by atoms with Gasteiger partial charge in [-0.2, -0.15) is 15.8 Å². The van der Waals surface area contributed by atoms with Crippen LogP contribution in [-0.2, 0) is 0 Å². The van der Waals surface area contributed by atoms with E-state index in [1.165, 1.54) is 12.1 Å². The van der Waals surface area contributed by atoms with Crippen LogP contribution < -0.4 is 0 Å². The highest BCUT2D eigenvalue weighted by Crippen LogP contribution is 2.46. The normalized spacial score (nSPS) is 21.9. The fourth-order valence-corrected chi connectivity index (χ4v) is 1.67. The maximum atomic E-state index is 13.7. The molecule has 0 aromatic rings. The van der Waals surface area contributed by atoms with Crippen molar-refractivity contribution in [2.24, 2.45) is 17.8 Å². The number of allylic oxidation sites excluding steroid dienone is 5. The van der Waals surface area contributed by atoms with Gasteiger partial charge in [0.2, 0.25) is 0 Å². The van der Waals surface area contributed by atoms with Gasteiger partial charge in [-0.25, -0.2) is 17.6 Å². The molecule has 0 aromatic heterocycles. The van der Waals surface area contributed by atoms with Gasteiger partial charge < -0.3 is 5.41 Å². The van der Waals surface area contributed by atoms with E-state index in [1.54, 1.807) is 0 Å². The lowest BCUT2D eigenvalue weighted by Crippen LogP contribution is -2.23. The summed E-state index contributed by atoms with van der Waals surface area (Å²) in [5.41, 5.74) is -1.07. The van der Waals surface area contributed by atoms with Crippen molar-refractivity contribution < 1.29 is 17.6 Å². The van der Waals surface area contributed by atoms with Gasteiger partial charge in [0.15, 0.2) is 0 Å². The Morgan fingerprint density at radius 2 is 1.40 bits per heavy atom. The van der Waals surface area contributed by atoms with Crippen molar-refractivity contribution in [3.63, 3.8) is 0 Å². The molecule has 4 nitrogen and oxygen atoms in total. The third-order valence-corrected chi connectivity index (χ3v) is 2.65. The lowest BCUT2D eigenvalue weighted by Gasteiger charge is -2.24. The lowest BCUT2D eigenvalue weighted by molar-refractivity contribution is 0.307. The molecule has 0 aromatic carbocycles. The van der Waals surface area contributed by atoms with Gasteiger partial charge in [0, 0.05) is 0 Å². The van der Waals surface area contributed by atoms with Crippen LogP contribution in [0.25, 0.3) is 5.41 Å². The van der Waals surface area contributed by atoms with Crippen molar-refractivity contribution in [2.75, 3.05) is 0 Å². The zero-order valence-electron chi connectivity index (χ0n) is 9.53. The minimum Gasteiger partial charge on any atom is -0.762 e. The van der Waals surface area contributed by atoms with Gasteiger partial charge in [-0.3, -0.25) is 5.87 Å². The molecule has 0 bridgehead atoms. The smallest absolute Gasteiger partial charge is 0.148 e. The van der Waals surface area contributed by atoms with E-state index in [-0.39, 0.29) is 0 Å². The number of nitrogens with zero attached hydrogens (tertiary/aromatic N) is 4. The molecule has 0 saturated carbocycles. The molecule has 1 aliphatic rings. The molecule has 0 saturated heterocycles. The minimum atomic E-state index is -2.40. The van der Waals surface area contributed by atoms with E-state index in [0.29, 0.717) is 0 Å². The average molecular weight is 279 g/mol. The number of hydrogen-bond acceptors (Lipinski definition) is 3. The molecule has 0 unspecified atom stereocenters. The van der Waals surface area contributed by atoms with Crippen LogP contribution in [0, 0.1) is 51.7 Å². The highest BCUT2D eigenvalue weighted by molar-refractivity contribution is 5.69. The summed E-state index contributed by atoms with van der Waals surface area (Å²) in [6.07, 6.45) is 0. The van der Waals surface area contributed by atoms with Crippen molar-refractivity contribution in [3.05, 3.63) is 34.3 Å². The first kappa shape index (κ1) is 15.2. The van der Waals surface area contributed by atoms with E-state index < -0.39 is 46.6 Å². The average Bonchev–Trinajstić information content (AvgIpc) is 2.46. The van der Waals surface area contributed by atoms with E-state index in [9.17, 15) is 17.6 Å². The monoisotopic (exact) mass is 279 g/mol. The zero-order valence-corrected chi connectivity index (χ0v) is 9.53. The third kappa shape index (κ3) is 2.19. The molecule has 0 N–H and O–H groups in total. The van der Waals surface area contributed by atoms with Gasteiger partial charge in [-0.1, -0.05) is 0 Å². The first-order valence-corrected chi connectivity index (χ1v) is 5.00. The van der Waals surface area contributed by atoms with Gasteiger partial charge in [-0.05, 0) is 0 Å². The highest BCUT2D eigenvalue weighted by Gasteiger charge is 2.44.